The number of hydrogen-bond donors (Lipinski definition) is 0. The van der Waals surface area contributed by atoms with Crippen molar-refractivity contribution in [3.05, 3.63) is 22.3 Å². The first kappa shape index (κ1) is 13.5. The Morgan fingerprint density at radius 2 is 1.94 bits per heavy atom. The quantitative estimate of drug-likeness (QED) is 0.829. The maximum atomic E-state index is 4.40. The zero-order chi connectivity index (χ0) is 12.1. The maximum absolute atomic E-state index is 4.40. The fraction of sp³-hybridized carbons (Fsp3) is 0.583. The Balaban J connectivity index is 2.59. The smallest absolute Gasteiger partial charge is 0.142 e. The van der Waals surface area contributed by atoms with Gasteiger partial charge in [-0.1, -0.05) is 0 Å². The van der Waals surface area contributed by atoms with Crippen molar-refractivity contribution in [1.29, 1.82) is 0 Å². The first-order valence-electron chi connectivity index (χ1n) is 5.49. The highest BCUT2D eigenvalue weighted by atomic mass is 79.9. The molecule has 16 heavy (non-hydrogen) atoms. The molecular formula is C12H20BrN3. The van der Waals surface area contributed by atoms with Crippen molar-refractivity contribution in [2.24, 2.45) is 0 Å². The van der Waals surface area contributed by atoms with Gasteiger partial charge in [-0.15, -0.1) is 0 Å². The van der Waals surface area contributed by atoms with Crippen molar-refractivity contribution in [2.75, 3.05) is 39.1 Å². The van der Waals surface area contributed by atoms with Gasteiger partial charge in [0.25, 0.3) is 0 Å². The van der Waals surface area contributed by atoms with E-state index in [0.717, 1.165) is 29.8 Å². The van der Waals surface area contributed by atoms with E-state index in [9.17, 15) is 0 Å². The highest BCUT2D eigenvalue weighted by Gasteiger charge is 2.08. The molecule has 1 heterocycles. The number of aryl methyl sites for hydroxylation is 1. The minimum Gasteiger partial charge on any atom is -0.359 e. The Morgan fingerprint density at radius 1 is 1.25 bits per heavy atom. The molecule has 1 aromatic rings. The SMILES string of the molecule is Cc1ccnc(N(C)CCCN(C)C)c1Br. The lowest BCUT2D eigenvalue weighted by molar-refractivity contribution is 0.401. The van der Waals surface area contributed by atoms with Gasteiger partial charge in [-0.05, 0) is 61.5 Å². The van der Waals surface area contributed by atoms with Gasteiger partial charge < -0.3 is 9.80 Å². The maximum Gasteiger partial charge on any atom is 0.142 e. The molecule has 0 unspecified atom stereocenters. The van der Waals surface area contributed by atoms with Crippen molar-refractivity contribution in [1.82, 2.24) is 9.88 Å². The molecule has 4 heteroatoms. The van der Waals surface area contributed by atoms with Crippen LogP contribution in [0, 0.1) is 6.92 Å². The second-order valence-corrected chi connectivity index (χ2v) is 5.14. The summed E-state index contributed by atoms with van der Waals surface area (Å²) in [6, 6.07) is 2.02. The molecule has 0 radical (unpaired) electrons. The van der Waals surface area contributed by atoms with Gasteiger partial charge in [0.2, 0.25) is 0 Å². The van der Waals surface area contributed by atoms with Gasteiger partial charge in [-0.3, -0.25) is 0 Å². The summed E-state index contributed by atoms with van der Waals surface area (Å²) < 4.78 is 1.10. The summed E-state index contributed by atoms with van der Waals surface area (Å²) in [7, 11) is 6.28. The van der Waals surface area contributed by atoms with Gasteiger partial charge in [0.15, 0.2) is 0 Å². The first-order valence-corrected chi connectivity index (χ1v) is 6.28. The third-order valence-electron chi connectivity index (χ3n) is 2.52. The third-order valence-corrected chi connectivity index (χ3v) is 3.50. The standard InChI is InChI=1S/C12H20BrN3/c1-10-6-7-14-12(11(10)13)16(4)9-5-8-15(2)3/h6-7H,5,8-9H2,1-4H3. The molecule has 0 bridgehead atoms. The van der Waals surface area contributed by atoms with Crippen LogP contribution in [0.25, 0.3) is 0 Å². The second-order valence-electron chi connectivity index (χ2n) is 4.34. The van der Waals surface area contributed by atoms with E-state index in [2.05, 4.69) is 58.8 Å². The van der Waals surface area contributed by atoms with E-state index in [1.54, 1.807) is 0 Å². The number of rotatable bonds is 5. The lowest BCUT2D eigenvalue weighted by atomic mass is 10.3. The van der Waals surface area contributed by atoms with Gasteiger partial charge in [0, 0.05) is 19.8 Å². The van der Waals surface area contributed by atoms with E-state index in [1.165, 1.54) is 5.56 Å². The molecule has 0 amide bonds. The molecule has 0 saturated carbocycles. The Hall–Kier alpha value is -0.610. The van der Waals surface area contributed by atoms with Gasteiger partial charge in [0.05, 0.1) is 4.47 Å². The average molecular weight is 286 g/mol. The van der Waals surface area contributed by atoms with E-state index >= 15 is 0 Å². The van der Waals surface area contributed by atoms with Gasteiger partial charge in [-0.25, -0.2) is 4.98 Å². The van der Waals surface area contributed by atoms with Crippen LogP contribution in [0.3, 0.4) is 0 Å². The molecule has 0 spiro atoms. The molecule has 90 valence electrons. The monoisotopic (exact) mass is 285 g/mol. The zero-order valence-electron chi connectivity index (χ0n) is 10.5. The van der Waals surface area contributed by atoms with Crippen molar-refractivity contribution in [3.8, 4) is 0 Å². The molecule has 0 aromatic carbocycles. The molecule has 0 fully saturated rings. The molecule has 0 aliphatic carbocycles. The van der Waals surface area contributed by atoms with E-state index in [-0.39, 0.29) is 0 Å². The lowest BCUT2D eigenvalue weighted by Gasteiger charge is -2.21. The summed E-state index contributed by atoms with van der Waals surface area (Å²) in [5, 5.41) is 0. The number of halogens is 1. The van der Waals surface area contributed by atoms with Crippen molar-refractivity contribution >= 4 is 21.7 Å². The molecule has 0 aliphatic rings. The molecular weight excluding hydrogens is 266 g/mol. The Kier molecular flexibility index (Phi) is 5.22. The number of pyridine rings is 1. The Morgan fingerprint density at radius 3 is 2.56 bits per heavy atom. The summed E-state index contributed by atoms with van der Waals surface area (Å²) in [4.78, 5) is 8.80. The lowest BCUT2D eigenvalue weighted by Crippen LogP contribution is -2.24. The van der Waals surface area contributed by atoms with Crippen LogP contribution in [0.5, 0.6) is 0 Å². The van der Waals surface area contributed by atoms with Crippen LogP contribution in [-0.2, 0) is 0 Å². The zero-order valence-corrected chi connectivity index (χ0v) is 12.1. The summed E-state index contributed by atoms with van der Waals surface area (Å²) in [6.45, 7) is 4.21. The summed E-state index contributed by atoms with van der Waals surface area (Å²) in [5.74, 6) is 1.03. The van der Waals surface area contributed by atoms with Crippen molar-refractivity contribution < 1.29 is 0 Å². The number of aromatic nitrogens is 1. The summed E-state index contributed by atoms with van der Waals surface area (Å²) >= 11 is 3.59. The molecule has 0 N–H and O–H groups in total. The van der Waals surface area contributed by atoms with Gasteiger partial charge in [0.1, 0.15) is 5.82 Å². The van der Waals surface area contributed by atoms with Crippen LogP contribution in [0.2, 0.25) is 0 Å². The van der Waals surface area contributed by atoms with E-state index in [4.69, 9.17) is 0 Å². The molecule has 3 nitrogen and oxygen atoms in total. The number of anilines is 1. The predicted octanol–water partition coefficient (Wildman–Crippen LogP) is 2.54. The molecule has 1 rings (SSSR count). The minimum absolute atomic E-state index is 1.02. The topological polar surface area (TPSA) is 19.4 Å². The normalized spacial score (nSPS) is 10.9. The minimum atomic E-state index is 1.02. The van der Waals surface area contributed by atoms with Crippen LogP contribution < -0.4 is 4.90 Å². The highest BCUT2D eigenvalue weighted by Crippen LogP contribution is 2.25. The number of nitrogens with zero attached hydrogens (tertiary/aromatic N) is 3. The summed E-state index contributed by atoms with van der Waals surface area (Å²) in [6.07, 6.45) is 3.00. The van der Waals surface area contributed by atoms with Crippen molar-refractivity contribution in [2.45, 2.75) is 13.3 Å². The van der Waals surface area contributed by atoms with Gasteiger partial charge in [-0.2, -0.15) is 0 Å². The Labute approximate surface area is 107 Å². The molecule has 1 aromatic heterocycles. The molecule has 0 aliphatic heterocycles. The van der Waals surface area contributed by atoms with Crippen molar-refractivity contribution in [3.63, 3.8) is 0 Å². The summed E-state index contributed by atoms with van der Waals surface area (Å²) in [5.41, 5.74) is 1.23. The highest BCUT2D eigenvalue weighted by molar-refractivity contribution is 9.10. The van der Waals surface area contributed by atoms with Crippen LogP contribution in [-0.4, -0.2) is 44.1 Å². The van der Waals surface area contributed by atoms with Crippen LogP contribution >= 0.6 is 15.9 Å². The Bertz CT molecular complexity index is 339. The average Bonchev–Trinajstić information content (AvgIpc) is 2.21. The van der Waals surface area contributed by atoms with E-state index in [0.29, 0.717) is 0 Å². The van der Waals surface area contributed by atoms with E-state index < -0.39 is 0 Å². The first-order chi connectivity index (χ1) is 7.52. The second kappa shape index (κ2) is 6.21. The fourth-order valence-electron chi connectivity index (χ4n) is 1.52. The molecule has 0 saturated heterocycles. The predicted molar refractivity (Wildman–Crippen MR) is 73.1 cm³/mol. The largest absolute Gasteiger partial charge is 0.359 e. The fourth-order valence-corrected chi connectivity index (χ4v) is 2.06. The van der Waals surface area contributed by atoms with Crippen LogP contribution in [0.4, 0.5) is 5.82 Å². The molecule has 0 atom stereocenters. The van der Waals surface area contributed by atoms with Gasteiger partial charge >= 0.3 is 0 Å². The number of hydrogen-bond acceptors (Lipinski definition) is 3. The van der Waals surface area contributed by atoms with E-state index in [1.807, 2.05) is 12.3 Å². The van der Waals surface area contributed by atoms with Crippen LogP contribution in [0.1, 0.15) is 12.0 Å². The van der Waals surface area contributed by atoms with Crippen LogP contribution in [0.15, 0.2) is 16.7 Å². The third kappa shape index (κ3) is 3.76.